The van der Waals surface area contributed by atoms with Crippen LogP contribution in [0.15, 0.2) is 17.8 Å². The lowest BCUT2D eigenvalue weighted by molar-refractivity contribution is -0.123. The van der Waals surface area contributed by atoms with E-state index in [0.29, 0.717) is 11.8 Å². The van der Waals surface area contributed by atoms with Crippen molar-refractivity contribution in [3.8, 4) is 0 Å². The van der Waals surface area contributed by atoms with Crippen LogP contribution in [0.25, 0.3) is 10.2 Å². The molecule has 6 rings (SSSR count). The van der Waals surface area contributed by atoms with Gasteiger partial charge in [-0.25, -0.2) is 9.97 Å². The fourth-order valence-electron chi connectivity index (χ4n) is 6.32. The Morgan fingerprint density at radius 1 is 1.14 bits per heavy atom. The monoisotopic (exact) mass is 397 g/mol. The maximum atomic E-state index is 12.6. The molecule has 1 amide bonds. The van der Waals surface area contributed by atoms with Gasteiger partial charge in [0.2, 0.25) is 5.91 Å². The fourth-order valence-corrected chi connectivity index (χ4v) is 7.18. The van der Waals surface area contributed by atoms with E-state index >= 15 is 0 Å². The van der Waals surface area contributed by atoms with Gasteiger partial charge in [0.1, 0.15) is 12.1 Å². The molecule has 1 saturated heterocycles. The molecular formula is C21H27N5OS. The van der Waals surface area contributed by atoms with E-state index in [2.05, 4.69) is 36.5 Å². The number of nitrogens with one attached hydrogen (secondary N) is 1. The van der Waals surface area contributed by atoms with E-state index in [1.807, 2.05) is 0 Å². The topological polar surface area (TPSA) is 61.4 Å². The number of anilines is 1. The Bertz CT molecular complexity index is 876. The highest BCUT2D eigenvalue weighted by Gasteiger charge is 2.67. The number of amides is 1. The number of fused-ring (bicyclic) bond motifs is 6. The molecule has 148 valence electrons. The summed E-state index contributed by atoms with van der Waals surface area (Å²) in [6.07, 6.45) is 5.84. The summed E-state index contributed by atoms with van der Waals surface area (Å²) in [7, 11) is 0. The van der Waals surface area contributed by atoms with E-state index in [4.69, 9.17) is 0 Å². The van der Waals surface area contributed by atoms with Crippen molar-refractivity contribution in [1.29, 1.82) is 0 Å². The van der Waals surface area contributed by atoms with Gasteiger partial charge in [0.05, 0.1) is 10.2 Å². The van der Waals surface area contributed by atoms with Gasteiger partial charge in [-0.1, -0.05) is 0 Å². The van der Waals surface area contributed by atoms with Crippen molar-refractivity contribution in [2.45, 2.75) is 19.3 Å². The minimum Gasteiger partial charge on any atom is -0.355 e. The van der Waals surface area contributed by atoms with Crippen molar-refractivity contribution in [2.75, 3.05) is 44.2 Å². The Morgan fingerprint density at radius 2 is 1.93 bits per heavy atom. The Morgan fingerprint density at radius 3 is 2.71 bits per heavy atom. The zero-order valence-electron chi connectivity index (χ0n) is 16.1. The molecule has 28 heavy (non-hydrogen) atoms. The predicted molar refractivity (Wildman–Crippen MR) is 110 cm³/mol. The molecule has 0 spiro atoms. The Kier molecular flexibility index (Phi) is 4.08. The zero-order chi connectivity index (χ0) is 18.7. The van der Waals surface area contributed by atoms with Crippen LogP contribution in [0.1, 0.15) is 19.3 Å². The van der Waals surface area contributed by atoms with Crippen molar-refractivity contribution < 1.29 is 4.79 Å². The lowest BCUT2D eigenvalue weighted by Gasteiger charge is -2.35. The normalized spacial score (nSPS) is 34.0. The Balaban J connectivity index is 0.977. The summed E-state index contributed by atoms with van der Waals surface area (Å²) in [5, 5.41) is 5.32. The van der Waals surface area contributed by atoms with Crippen molar-refractivity contribution in [3.05, 3.63) is 17.8 Å². The van der Waals surface area contributed by atoms with E-state index in [-0.39, 0.29) is 0 Å². The molecule has 6 nitrogen and oxygen atoms in total. The van der Waals surface area contributed by atoms with Crippen LogP contribution in [0, 0.1) is 29.6 Å². The van der Waals surface area contributed by atoms with Crippen LogP contribution in [0.2, 0.25) is 0 Å². The number of hydrogen-bond acceptors (Lipinski definition) is 6. The molecule has 3 saturated carbocycles. The molecule has 4 fully saturated rings. The summed E-state index contributed by atoms with van der Waals surface area (Å²) in [5.74, 6) is 4.99. The van der Waals surface area contributed by atoms with Gasteiger partial charge in [-0.05, 0) is 54.4 Å². The highest BCUT2D eigenvalue weighted by atomic mass is 32.1. The van der Waals surface area contributed by atoms with Crippen LogP contribution >= 0.6 is 11.3 Å². The molecule has 2 aromatic heterocycles. The van der Waals surface area contributed by atoms with Gasteiger partial charge in [-0.2, -0.15) is 0 Å². The van der Waals surface area contributed by atoms with E-state index in [9.17, 15) is 4.79 Å². The Labute approximate surface area is 169 Å². The molecule has 1 aliphatic heterocycles. The van der Waals surface area contributed by atoms with Crippen LogP contribution in [-0.2, 0) is 4.79 Å². The molecule has 1 unspecified atom stereocenters. The minimum atomic E-state index is 0.339. The second-order valence-electron chi connectivity index (χ2n) is 8.97. The molecular weight excluding hydrogens is 370 g/mol. The van der Waals surface area contributed by atoms with Crippen molar-refractivity contribution in [3.63, 3.8) is 0 Å². The number of hydrogen-bond donors (Lipinski definition) is 1. The van der Waals surface area contributed by atoms with Gasteiger partial charge in [0, 0.05) is 45.2 Å². The first-order valence-electron chi connectivity index (χ1n) is 10.7. The van der Waals surface area contributed by atoms with Crippen LogP contribution in [-0.4, -0.2) is 60.0 Å². The summed E-state index contributed by atoms with van der Waals surface area (Å²) in [6, 6.07) is 2.06. The van der Waals surface area contributed by atoms with Crippen molar-refractivity contribution in [1.82, 2.24) is 20.2 Å². The van der Waals surface area contributed by atoms with E-state index in [0.717, 1.165) is 74.3 Å². The smallest absolute Gasteiger partial charge is 0.223 e. The third-order valence-corrected chi connectivity index (χ3v) is 8.56. The van der Waals surface area contributed by atoms with Crippen molar-refractivity contribution in [2.24, 2.45) is 29.6 Å². The highest BCUT2D eigenvalue weighted by molar-refractivity contribution is 7.17. The van der Waals surface area contributed by atoms with Crippen LogP contribution in [0.5, 0.6) is 0 Å². The molecule has 4 aliphatic rings. The van der Waals surface area contributed by atoms with Crippen LogP contribution in [0.4, 0.5) is 5.82 Å². The van der Waals surface area contributed by atoms with E-state index in [1.54, 1.807) is 17.7 Å². The molecule has 0 radical (unpaired) electrons. The number of rotatable bonds is 5. The summed E-state index contributed by atoms with van der Waals surface area (Å²) in [6.45, 7) is 5.73. The van der Waals surface area contributed by atoms with Gasteiger partial charge in [-0.15, -0.1) is 11.3 Å². The first kappa shape index (κ1) is 17.2. The molecule has 2 bridgehead atoms. The first-order valence-corrected chi connectivity index (χ1v) is 11.6. The molecule has 2 aromatic rings. The molecule has 1 N–H and O–H groups in total. The number of piperazine rings is 1. The van der Waals surface area contributed by atoms with Gasteiger partial charge in [0.15, 0.2) is 0 Å². The largest absolute Gasteiger partial charge is 0.355 e. The standard InChI is InChI=1S/C21H27N5OS/c27-21(18-16-13-1-2-14(11-13)17(16)18)22-4-5-25-6-8-26(9-7-25)20-19-15(3-10-28-19)23-12-24-20/h3,10,12-14,16-18H,1-2,4-9,11H2,(H,22,27)/t13-,14+,16+,17-,18?. The average molecular weight is 398 g/mol. The predicted octanol–water partition coefficient (Wildman–Crippen LogP) is 2.22. The Hall–Kier alpha value is -1.73. The quantitative estimate of drug-likeness (QED) is 0.838. The molecule has 5 atom stereocenters. The molecule has 7 heteroatoms. The highest BCUT2D eigenvalue weighted by Crippen LogP contribution is 2.69. The lowest BCUT2D eigenvalue weighted by atomic mass is 10.0. The number of aromatic nitrogens is 2. The lowest BCUT2D eigenvalue weighted by Crippen LogP contribution is -2.48. The summed E-state index contributed by atoms with van der Waals surface area (Å²) >= 11 is 1.72. The fraction of sp³-hybridized carbons (Fsp3) is 0.667. The van der Waals surface area contributed by atoms with Crippen molar-refractivity contribution >= 4 is 33.3 Å². The number of thiophene rings is 1. The molecule has 3 heterocycles. The maximum Gasteiger partial charge on any atom is 0.223 e. The number of nitrogens with zero attached hydrogens (tertiary/aromatic N) is 4. The van der Waals surface area contributed by atoms with Gasteiger partial charge in [0.25, 0.3) is 0 Å². The SMILES string of the molecule is O=C(NCCN1CCN(c2ncnc3ccsc23)CC1)C1[C@@H]2[C@H]3CC[C@H](C3)[C@H]12. The summed E-state index contributed by atoms with van der Waals surface area (Å²) in [5.41, 5.74) is 1.04. The third kappa shape index (κ3) is 2.74. The van der Waals surface area contributed by atoms with Crippen LogP contribution in [0.3, 0.4) is 0 Å². The number of carbonyl (C=O) groups is 1. The van der Waals surface area contributed by atoms with Gasteiger partial charge >= 0.3 is 0 Å². The second-order valence-corrected chi connectivity index (χ2v) is 9.88. The van der Waals surface area contributed by atoms with Gasteiger partial charge in [-0.3, -0.25) is 9.69 Å². The second kappa shape index (κ2) is 6.66. The summed E-state index contributed by atoms with van der Waals surface area (Å²) < 4.78 is 1.19. The first-order chi connectivity index (χ1) is 13.8. The summed E-state index contributed by atoms with van der Waals surface area (Å²) in [4.78, 5) is 26.3. The van der Waals surface area contributed by atoms with E-state index < -0.39 is 0 Å². The molecule has 3 aliphatic carbocycles. The maximum absolute atomic E-state index is 12.6. The van der Waals surface area contributed by atoms with Gasteiger partial charge < -0.3 is 10.2 Å². The van der Waals surface area contributed by atoms with Crippen LogP contribution < -0.4 is 10.2 Å². The number of carbonyl (C=O) groups excluding carboxylic acids is 1. The van der Waals surface area contributed by atoms with E-state index in [1.165, 1.54) is 24.0 Å². The zero-order valence-corrected chi connectivity index (χ0v) is 16.9. The average Bonchev–Trinajstić information content (AvgIpc) is 3.07. The minimum absolute atomic E-state index is 0.339. The third-order valence-electron chi connectivity index (χ3n) is 7.66. The molecule has 0 aromatic carbocycles.